The first kappa shape index (κ1) is 20.9. The summed E-state index contributed by atoms with van der Waals surface area (Å²) in [4.78, 5) is 12.2. The third kappa shape index (κ3) is 6.41. The Hall–Kier alpha value is -1.37. The molecule has 0 bridgehead atoms. The van der Waals surface area contributed by atoms with E-state index in [0.29, 0.717) is 17.3 Å². The van der Waals surface area contributed by atoms with Crippen molar-refractivity contribution >= 4 is 33.2 Å². The predicted molar refractivity (Wildman–Crippen MR) is 107 cm³/mol. The van der Waals surface area contributed by atoms with E-state index in [0.717, 1.165) is 24.8 Å². The molecule has 0 heterocycles. The van der Waals surface area contributed by atoms with Crippen LogP contribution in [0, 0.1) is 6.92 Å². The molecule has 1 aliphatic carbocycles. The zero-order chi connectivity index (χ0) is 19.2. The van der Waals surface area contributed by atoms with E-state index in [1.54, 1.807) is 18.2 Å². The smallest absolute Gasteiger partial charge is 0.225 e. The van der Waals surface area contributed by atoms with Gasteiger partial charge in [0.2, 0.25) is 15.9 Å². The maximum Gasteiger partial charge on any atom is 0.225 e. The summed E-state index contributed by atoms with van der Waals surface area (Å²) in [7, 11) is -3.34. The zero-order valence-electron chi connectivity index (χ0n) is 15.4. The number of nitrogens with one attached hydrogen (secondary N) is 1. The maximum absolute atomic E-state index is 12.2. The second kappa shape index (κ2) is 9.53. The number of halogens is 1. The van der Waals surface area contributed by atoms with Gasteiger partial charge in [0, 0.05) is 30.2 Å². The largest absolute Gasteiger partial charge is 0.326 e. The fourth-order valence-electron chi connectivity index (χ4n) is 3.03. The minimum atomic E-state index is -3.34. The minimum absolute atomic E-state index is 0.109. The van der Waals surface area contributed by atoms with E-state index in [1.165, 1.54) is 29.0 Å². The highest BCUT2D eigenvalue weighted by Crippen LogP contribution is 2.23. The molecule has 1 amide bonds. The van der Waals surface area contributed by atoms with Gasteiger partial charge in [-0.15, -0.1) is 0 Å². The first-order chi connectivity index (χ1) is 12.3. The number of hydrogen-bond acceptors (Lipinski definition) is 3. The minimum Gasteiger partial charge on any atom is -0.326 e. The van der Waals surface area contributed by atoms with Gasteiger partial charge in [-0.05, 0) is 56.7 Å². The van der Waals surface area contributed by atoms with Crippen LogP contribution in [0.1, 0.15) is 44.1 Å². The van der Waals surface area contributed by atoms with E-state index in [-0.39, 0.29) is 18.9 Å². The van der Waals surface area contributed by atoms with E-state index in [1.807, 2.05) is 6.92 Å². The topological polar surface area (TPSA) is 66.5 Å². The lowest BCUT2D eigenvalue weighted by atomic mass is 9.97. The summed E-state index contributed by atoms with van der Waals surface area (Å²) in [5, 5.41) is 3.39. The molecule has 0 unspecified atom stereocenters. The lowest BCUT2D eigenvalue weighted by Crippen LogP contribution is -2.34. The number of anilines is 1. The van der Waals surface area contributed by atoms with Crippen molar-refractivity contribution in [3.63, 3.8) is 0 Å². The Morgan fingerprint density at radius 1 is 1.27 bits per heavy atom. The third-order valence-corrected chi connectivity index (χ3v) is 6.38. The summed E-state index contributed by atoms with van der Waals surface area (Å²) in [5.74, 6) is -0.221. The third-order valence-electron chi connectivity index (χ3n) is 4.67. The van der Waals surface area contributed by atoms with Crippen LogP contribution in [0.4, 0.5) is 5.69 Å². The number of rotatable bonds is 8. The summed E-state index contributed by atoms with van der Waals surface area (Å²) in [6.45, 7) is 2.43. The Bertz CT molecular complexity index is 775. The number of sulfonamides is 1. The SMILES string of the molecule is Cc1c(Cl)cccc1NC(=O)CCN(CCC1=CCCCC1)S(C)(=O)=O. The number of benzene rings is 1. The van der Waals surface area contributed by atoms with Gasteiger partial charge in [0.1, 0.15) is 0 Å². The van der Waals surface area contributed by atoms with Crippen molar-refractivity contribution in [2.45, 2.75) is 45.4 Å². The lowest BCUT2D eigenvalue weighted by Gasteiger charge is -2.21. The maximum atomic E-state index is 12.2. The van der Waals surface area contributed by atoms with Crippen LogP contribution in [-0.4, -0.2) is 38.0 Å². The Labute approximate surface area is 161 Å². The van der Waals surface area contributed by atoms with Gasteiger partial charge in [0.25, 0.3) is 0 Å². The number of carbonyl (C=O) groups excluding carboxylic acids is 1. The molecule has 0 spiro atoms. The van der Waals surface area contributed by atoms with Crippen LogP contribution in [0.3, 0.4) is 0 Å². The molecule has 0 atom stereocenters. The molecule has 0 saturated heterocycles. The van der Waals surface area contributed by atoms with Gasteiger partial charge in [-0.1, -0.05) is 29.3 Å². The molecule has 26 heavy (non-hydrogen) atoms. The van der Waals surface area contributed by atoms with Crippen LogP contribution < -0.4 is 5.32 Å². The van der Waals surface area contributed by atoms with E-state index in [9.17, 15) is 13.2 Å². The summed E-state index contributed by atoms with van der Waals surface area (Å²) < 4.78 is 25.5. The predicted octanol–water partition coefficient (Wildman–Crippen LogP) is 4.13. The van der Waals surface area contributed by atoms with Crippen molar-refractivity contribution in [2.75, 3.05) is 24.7 Å². The average Bonchev–Trinajstić information content (AvgIpc) is 2.58. The molecule has 7 heteroatoms. The van der Waals surface area contributed by atoms with Crippen molar-refractivity contribution < 1.29 is 13.2 Å². The molecule has 1 N–H and O–H groups in total. The van der Waals surface area contributed by atoms with E-state index in [2.05, 4.69) is 11.4 Å². The second-order valence-corrected chi connectivity index (χ2v) is 9.12. The molecular formula is C19H27ClN2O3S. The quantitative estimate of drug-likeness (QED) is 0.669. The Kier molecular flexibility index (Phi) is 7.68. The Morgan fingerprint density at radius 3 is 2.69 bits per heavy atom. The Balaban J connectivity index is 1.90. The van der Waals surface area contributed by atoms with Crippen LogP contribution in [0.15, 0.2) is 29.8 Å². The normalized spacial score (nSPS) is 15.0. The number of allylic oxidation sites excluding steroid dienone is 1. The van der Waals surface area contributed by atoms with Crippen molar-refractivity contribution in [2.24, 2.45) is 0 Å². The van der Waals surface area contributed by atoms with Crippen LogP contribution >= 0.6 is 11.6 Å². The van der Waals surface area contributed by atoms with Crippen LogP contribution in [0.2, 0.25) is 5.02 Å². The number of hydrogen-bond donors (Lipinski definition) is 1. The highest BCUT2D eigenvalue weighted by Gasteiger charge is 2.19. The van der Waals surface area contributed by atoms with Crippen molar-refractivity contribution in [3.8, 4) is 0 Å². The van der Waals surface area contributed by atoms with E-state index < -0.39 is 10.0 Å². The fourth-order valence-corrected chi connectivity index (χ4v) is 4.05. The monoisotopic (exact) mass is 398 g/mol. The summed E-state index contributed by atoms with van der Waals surface area (Å²) in [5.41, 5.74) is 2.77. The van der Waals surface area contributed by atoms with Crippen LogP contribution in [-0.2, 0) is 14.8 Å². The standard InChI is InChI=1S/C19H27ClN2O3S/c1-15-17(20)9-6-10-18(15)21-19(23)12-14-22(26(2,24)25)13-11-16-7-4-3-5-8-16/h6-7,9-10H,3-5,8,11-14H2,1-2H3,(H,21,23). The molecule has 5 nitrogen and oxygen atoms in total. The Morgan fingerprint density at radius 2 is 2.04 bits per heavy atom. The summed E-state index contributed by atoms with van der Waals surface area (Å²) in [6.07, 6.45) is 8.77. The van der Waals surface area contributed by atoms with E-state index >= 15 is 0 Å². The summed E-state index contributed by atoms with van der Waals surface area (Å²) in [6, 6.07) is 5.31. The number of nitrogens with zero attached hydrogens (tertiary/aromatic N) is 1. The van der Waals surface area contributed by atoms with Crippen molar-refractivity contribution in [3.05, 3.63) is 40.4 Å². The molecule has 0 aromatic heterocycles. The molecule has 0 saturated carbocycles. The van der Waals surface area contributed by atoms with Gasteiger partial charge >= 0.3 is 0 Å². The first-order valence-corrected chi connectivity index (χ1v) is 11.2. The van der Waals surface area contributed by atoms with Gasteiger partial charge in [-0.25, -0.2) is 12.7 Å². The van der Waals surface area contributed by atoms with Gasteiger partial charge < -0.3 is 5.32 Å². The lowest BCUT2D eigenvalue weighted by molar-refractivity contribution is -0.116. The van der Waals surface area contributed by atoms with Crippen molar-refractivity contribution in [1.29, 1.82) is 0 Å². The molecule has 1 aliphatic rings. The molecule has 0 aliphatic heterocycles. The highest BCUT2D eigenvalue weighted by molar-refractivity contribution is 7.88. The van der Waals surface area contributed by atoms with Crippen molar-refractivity contribution in [1.82, 2.24) is 4.31 Å². The average molecular weight is 399 g/mol. The van der Waals surface area contributed by atoms with E-state index in [4.69, 9.17) is 11.6 Å². The van der Waals surface area contributed by atoms with Gasteiger partial charge in [0.15, 0.2) is 0 Å². The van der Waals surface area contributed by atoms with Crippen LogP contribution in [0.25, 0.3) is 0 Å². The molecule has 0 fully saturated rings. The molecular weight excluding hydrogens is 372 g/mol. The zero-order valence-corrected chi connectivity index (χ0v) is 17.0. The fraction of sp³-hybridized carbons (Fsp3) is 0.526. The number of carbonyl (C=O) groups is 1. The molecule has 1 aromatic rings. The molecule has 2 rings (SSSR count). The molecule has 1 aromatic carbocycles. The van der Waals surface area contributed by atoms with Gasteiger partial charge in [-0.3, -0.25) is 4.79 Å². The molecule has 144 valence electrons. The van der Waals surface area contributed by atoms with Crippen LogP contribution in [0.5, 0.6) is 0 Å². The van der Waals surface area contributed by atoms with Gasteiger partial charge in [-0.2, -0.15) is 0 Å². The number of amides is 1. The molecule has 0 radical (unpaired) electrons. The summed E-state index contributed by atoms with van der Waals surface area (Å²) >= 11 is 6.06. The highest BCUT2D eigenvalue weighted by atomic mass is 35.5. The first-order valence-electron chi connectivity index (χ1n) is 8.95. The van der Waals surface area contributed by atoms with Gasteiger partial charge in [0.05, 0.1) is 6.26 Å². The second-order valence-electron chi connectivity index (χ2n) is 6.73.